The van der Waals surface area contributed by atoms with Gasteiger partial charge in [-0.25, -0.2) is 0 Å². The van der Waals surface area contributed by atoms with Gasteiger partial charge in [0.25, 0.3) is 0 Å². The van der Waals surface area contributed by atoms with E-state index in [-0.39, 0.29) is 0 Å². The molecule has 0 spiro atoms. The van der Waals surface area contributed by atoms with Crippen LogP contribution in [0.25, 0.3) is 0 Å². The zero-order chi connectivity index (χ0) is 11.2. The number of fused-ring (bicyclic) bond motifs is 2. The molecule has 0 aliphatic carbocycles. The minimum absolute atomic E-state index is 0.509. The molecule has 2 fully saturated rings. The minimum Gasteiger partial charge on any atom is -0.302 e. The van der Waals surface area contributed by atoms with E-state index in [1.807, 2.05) is 0 Å². The first kappa shape index (κ1) is 10.3. The van der Waals surface area contributed by atoms with Crippen molar-refractivity contribution in [1.82, 2.24) is 4.90 Å². The Hall–Kier alpha value is -0.820. The molecule has 2 bridgehead atoms. The van der Waals surface area contributed by atoms with Crippen LogP contribution in [-0.4, -0.2) is 24.5 Å². The monoisotopic (exact) mass is 215 g/mol. The lowest BCUT2D eigenvalue weighted by atomic mass is 9.77. The van der Waals surface area contributed by atoms with E-state index >= 15 is 0 Å². The van der Waals surface area contributed by atoms with Crippen molar-refractivity contribution >= 4 is 0 Å². The molecule has 3 rings (SSSR count). The van der Waals surface area contributed by atoms with Crippen LogP contribution in [0.15, 0.2) is 24.3 Å². The van der Waals surface area contributed by atoms with E-state index in [0.717, 1.165) is 0 Å². The summed E-state index contributed by atoms with van der Waals surface area (Å²) in [4.78, 5) is 2.61. The molecular formula is C15H21N. The Kier molecular flexibility index (Phi) is 2.32. The lowest BCUT2D eigenvalue weighted by Gasteiger charge is -2.26. The Labute approximate surface area is 98.5 Å². The molecule has 0 radical (unpaired) electrons. The van der Waals surface area contributed by atoms with Crippen LogP contribution < -0.4 is 0 Å². The van der Waals surface area contributed by atoms with E-state index in [4.69, 9.17) is 0 Å². The van der Waals surface area contributed by atoms with Crippen LogP contribution in [0.3, 0.4) is 0 Å². The van der Waals surface area contributed by atoms with Gasteiger partial charge < -0.3 is 4.90 Å². The topological polar surface area (TPSA) is 3.24 Å². The molecule has 2 saturated heterocycles. The maximum absolute atomic E-state index is 2.61. The first-order valence-corrected chi connectivity index (χ1v) is 6.52. The Bertz CT molecular complexity index is 369. The summed E-state index contributed by atoms with van der Waals surface area (Å²) in [6.45, 7) is 8.45. The van der Waals surface area contributed by atoms with Gasteiger partial charge in [-0.2, -0.15) is 0 Å². The zero-order valence-corrected chi connectivity index (χ0v) is 10.4. The first-order chi connectivity index (χ1) is 7.70. The van der Waals surface area contributed by atoms with E-state index in [0.29, 0.717) is 11.3 Å². The summed E-state index contributed by atoms with van der Waals surface area (Å²) < 4.78 is 0. The van der Waals surface area contributed by atoms with E-state index in [1.54, 1.807) is 5.56 Å². The van der Waals surface area contributed by atoms with Crippen LogP contribution in [-0.2, 0) is 5.41 Å². The van der Waals surface area contributed by atoms with E-state index < -0.39 is 0 Å². The van der Waals surface area contributed by atoms with Gasteiger partial charge in [0.15, 0.2) is 0 Å². The molecule has 1 heteroatoms. The summed E-state index contributed by atoms with van der Waals surface area (Å²) in [5.74, 6) is 0.648. The highest BCUT2D eigenvalue weighted by Gasteiger charge is 2.44. The Morgan fingerprint density at radius 2 is 1.69 bits per heavy atom. The van der Waals surface area contributed by atoms with Gasteiger partial charge in [-0.3, -0.25) is 0 Å². The summed E-state index contributed by atoms with van der Waals surface area (Å²) in [7, 11) is 0. The average molecular weight is 215 g/mol. The Morgan fingerprint density at radius 3 is 2.12 bits per heavy atom. The predicted octanol–water partition coefficient (Wildman–Crippen LogP) is 3.16. The van der Waals surface area contributed by atoms with Crippen molar-refractivity contribution in [3.63, 3.8) is 0 Å². The summed E-state index contributed by atoms with van der Waals surface area (Å²) in [6.07, 6.45) is 2.74. The van der Waals surface area contributed by atoms with E-state index in [2.05, 4.69) is 43.0 Å². The highest BCUT2D eigenvalue weighted by molar-refractivity contribution is 5.33. The van der Waals surface area contributed by atoms with Crippen molar-refractivity contribution in [2.45, 2.75) is 38.0 Å². The van der Waals surface area contributed by atoms with Crippen LogP contribution in [0.4, 0.5) is 0 Å². The number of benzene rings is 1. The Morgan fingerprint density at radius 1 is 1.06 bits per heavy atom. The fourth-order valence-electron chi connectivity index (χ4n) is 3.33. The fraction of sp³-hybridized carbons (Fsp3) is 0.600. The Balaban J connectivity index is 1.90. The van der Waals surface area contributed by atoms with Crippen molar-refractivity contribution in [2.24, 2.45) is 0 Å². The third kappa shape index (κ3) is 1.49. The van der Waals surface area contributed by atoms with Gasteiger partial charge in [0.2, 0.25) is 0 Å². The normalized spacial score (nSPS) is 32.6. The zero-order valence-electron chi connectivity index (χ0n) is 10.4. The maximum atomic E-state index is 2.61. The first-order valence-electron chi connectivity index (χ1n) is 6.52. The van der Waals surface area contributed by atoms with Gasteiger partial charge in [0, 0.05) is 12.0 Å². The summed E-state index contributed by atoms with van der Waals surface area (Å²) in [5.41, 5.74) is 3.56. The van der Waals surface area contributed by atoms with Gasteiger partial charge in [-0.15, -0.1) is 0 Å². The van der Waals surface area contributed by atoms with E-state index in [1.165, 1.54) is 38.0 Å². The number of rotatable bonds is 2. The molecule has 16 heavy (non-hydrogen) atoms. The molecule has 2 aliphatic heterocycles. The second kappa shape index (κ2) is 3.59. The molecule has 0 atom stereocenters. The highest BCUT2D eigenvalue weighted by Crippen LogP contribution is 2.43. The van der Waals surface area contributed by atoms with Gasteiger partial charge in [-0.05, 0) is 43.0 Å². The molecule has 1 nitrogen and oxygen atoms in total. The van der Waals surface area contributed by atoms with Crippen molar-refractivity contribution < 1.29 is 0 Å². The number of nitrogens with zero attached hydrogens (tertiary/aromatic N) is 1. The molecule has 0 unspecified atom stereocenters. The average Bonchev–Trinajstić information content (AvgIpc) is 2.90. The largest absolute Gasteiger partial charge is 0.302 e. The molecular weight excluding hydrogens is 194 g/mol. The van der Waals surface area contributed by atoms with Gasteiger partial charge in [0.05, 0.1) is 0 Å². The molecule has 86 valence electrons. The molecule has 1 aromatic rings. The van der Waals surface area contributed by atoms with Crippen LogP contribution in [0.1, 0.15) is 43.7 Å². The van der Waals surface area contributed by atoms with Crippen LogP contribution in [0.2, 0.25) is 0 Å². The van der Waals surface area contributed by atoms with Gasteiger partial charge >= 0.3 is 0 Å². The summed E-state index contributed by atoms with van der Waals surface area (Å²) in [6, 6.07) is 9.42. The second-order valence-corrected chi connectivity index (χ2v) is 5.83. The van der Waals surface area contributed by atoms with Crippen molar-refractivity contribution in [3.8, 4) is 0 Å². The molecule has 0 saturated carbocycles. The fourth-order valence-corrected chi connectivity index (χ4v) is 3.33. The van der Waals surface area contributed by atoms with Crippen LogP contribution >= 0.6 is 0 Å². The SMILES string of the molecule is CC(C)c1ccc(C23CCN(CC2)C3)cc1. The second-order valence-electron chi connectivity index (χ2n) is 5.83. The van der Waals surface area contributed by atoms with Crippen LogP contribution in [0, 0.1) is 0 Å². The smallest absolute Gasteiger partial charge is 0.0105 e. The van der Waals surface area contributed by atoms with Gasteiger partial charge in [0.1, 0.15) is 0 Å². The van der Waals surface area contributed by atoms with Crippen molar-refractivity contribution in [1.29, 1.82) is 0 Å². The van der Waals surface area contributed by atoms with Gasteiger partial charge in [-0.1, -0.05) is 38.1 Å². The molecule has 0 aromatic heterocycles. The quantitative estimate of drug-likeness (QED) is 0.732. The lowest BCUT2D eigenvalue weighted by Crippen LogP contribution is -2.24. The standard InChI is InChI=1S/C15H21N/c1-12(2)13-3-5-14(6-4-13)15-7-9-16(11-15)10-8-15/h3-6,12H,7-11H2,1-2H3. The van der Waals surface area contributed by atoms with Crippen LogP contribution in [0.5, 0.6) is 0 Å². The molecule has 0 amide bonds. The highest BCUT2D eigenvalue weighted by atomic mass is 15.2. The summed E-state index contributed by atoms with van der Waals surface area (Å²) in [5, 5.41) is 0. The maximum Gasteiger partial charge on any atom is 0.0105 e. The molecule has 2 aliphatic rings. The lowest BCUT2D eigenvalue weighted by molar-refractivity contribution is 0.364. The predicted molar refractivity (Wildman–Crippen MR) is 67.9 cm³/mol. The molecule has 1 aromatic carbocycles. The third-order valence-corrected chi connectivity index (χ3v) is 4.53. The minimum atomic E-state index is 0.509. The van der Waals surface area contributed by atoms with Crippen molar-refractivity contribution in [3.05, 3.63) is 35.4 Å². The number of piperidine rings is 1. The van der Waals surface area contributed by atoms with E-state index in [9.17, 15) is 0 Å². The molecule has 0 N–H and O–H groups in total. The number of hydrogen-bond donors (Lipinski definition) is 0. The van der Waals surface area contributed by atoms with Crippen molar-refractivity contribution in [2.75, 3.05) is 19.6 Å². The summed E-state index contributed by atoms with van der Waals surface area (Å²) >= 11 is 0. The number of hydrogen-bond acceptors (Lipinski definition) is 1. The third-order valence-electron chi connectivity index (χ3n) is 4.53. The molecule has 2 heterocycles.